The lowest BCUT2D eigenvalue weighted by molar-refractivity contribution is -0.579. The Bertz CT molecular complexity index is 926. The molecule has 0 amide bonds. The van der Waals surface area contributed by atoms with E-state index in [2.05, 4.69) is 0 Å². The van der Waals surface area contributed by atoms with Crippen LogP contribution in [-0.2, 0) is 0 Å². The first-order valence-electron chi connectivity index (χ1n) is 6.72. The third kappa shape index (κ3) is 3.04. The minimum absolute atomic E-state index is 0.215. The first-order chi connectivity index (χ1) is 11.5. The van der Waals surface area contributed by atoms with E-state index in [0.717, 1.165) is 0 Å². The van der Waals surface area contributed by atoms with Crippen molar-refractivity contribution in [3.05, 3.63) is 86.6 Å². The minimum Gasteiger partial charge on any atom is -0.401 e. The van der Waals surface area contributed by atoms with Crippen LogP contribution in [0.2, 0.25) is 0 Å². The van der Waals surface area contributed by atoms with Gasteiger partial charge in [-0.25, -0.2) is 0 Å². The Morgan fingerprint density at radius 3 is 2.12 bits per heavy atom. The van der Waals surface area contributed by atoms with Crippen LogP contribution in [0.25, 0.3) is 11.8 Å². The monoisotopic (exact) mass is 328 g/mol. The summed E-state index contributed by atoms with van der Waals surface area (Å²) in [5.41, 5.74) is 0.424. The predicted octanol–water partition coefficient (Wildman–Crippen LogP) is 3.02. The van der Waals surface area contributed by atoms with Crippen LogP contribution >= 0.6 is 0 Å². The average Bonchev–Trinajstić information content (AvgIpc) is 3.23. The molecule has 0 unspecified atom stereocenters. The van der Waals surface area contributed by atoms with Crippen LogP contribution in [0, 0.1) is 20.2 Å². The van der Waals surface area contributed by atoms with E-state index in [1.807, 2.05) is 0 Å². The largest absolute Gasteiger partial charge is 0.433 e. The lowest BCUT2D eigenvalue weighted by Crippen LogP contribution is -2.31. The molecule has 120 valence electrons. The van der Waals surface area contributed by atoms with Crippen molar-refractivity contribution in [2.24, 2.45) is 0 Å². The summed E-state index contributed by atoms with van der Waals surface area (Å²) in [5.74, 6) is -0.369. The molecule has 0 saturated heterocycles. The Hall–Kier alpha value is -3.75. The highest BCUT2D eigenvalue weighted by Gasteiger charge is 2.22. The van der Waals surface area contributed by atoms with Gasteiger partial charge in [-0.3, -0.25) is 20.2 Å². The van der Waals surface area contributed by atoms with Crippen molar-refractivity contribution in [3.8, 4) is 0 Å². The van der Waals surface area contributed by atoms with Gasteiger partial charge < -0.3 is 8.83 Å². The zero-order chi connectivity index (χ0) is 17.1. The maximum atomic E-state index is 10.8. The molecule has 3 rings (SSSR count). The Morgan fingerprint density at radius 1 is 0.917 bits per heavy atom. The SMILES string of the molecule is O=[N+]([O-])c1ccc(C=C(c2ccc([N+](=O)[O-])o2)[n+]2ccccc2)o1. The zero-order valence-electron chi connectivity index (χ0n) is 12.1. The van der Waals surface area contributed by atoms with Crippen molar-refractivity contribution in [2.45, 2.75) is 0 Å². The second-order valence-electron chi connectivity index (χ2n) is 4.64. The molecule has 0 aromatic carbocycles. The van der Waals surface area contributed by atoms with Gasteiger partial charge >= 0.3 is 11.8 Å². The molecule has 3 aromatic rings. The van der Waals surface area contributed by atoms with Gasteiger partial charge in [0.2, 0.25) is 5.76 Å². The van der Waals surface area contributed by atoms with E-state index in [1.54, 1.807) is 35.2 Å². The maximum absolute atomic E-state index is 10.8. The topological polar surface area (TPSA) is 116 Å². The molecular weight excluding hydrogens is 318 g/mol. The molecule has 0 aliphatic carbocycles. The summed E-state index contributed by atoms with van der Waals surface area (Å²) < 4.78 is 12.0. The predicted molar refractivity (Wildman–Crippen MR) is 80.6 cm³/mol. The summed E-state index contributed by atoms with van der Waals surface area (Å²) in [7, 11) is 0. The van der Waals surface area contributed by atoms with Crippen molar-refractivity contribution >= 4 is 23.5 Å². The zero-order valence-corrected chi connectivity index (χ0v) is 12.1. The smallest absolute Gasteiger partial charge is 0.401 e. The Balaban J connectivity index is 2.09. The molecule has 3 heterocycles. The number of hydrogen-bond donors (Lipinski definition) is 0. The van der Waals surface area contributed by atoms with E-state index in [-0.39, 0.29) is 11.5 Å². The number of furan rings is 2. The molecule has 0 aliphatic rings. The highest BCUT2D eigenvalue weighted by Crippen LogP contribution is 2.24. The first kappa shape index (κ1) is 15.2. The standard InChI is InChI=1S/C15H10N3O6/c19-17(20)14-6-4-11(23-14)10-12(16-8-2-1-3-9-16)13-5-7-15(24-13)18(21)22/h1-10H/q+1. The van der Waals surface area contributed by atoms with Gasteiger partial charge in [-0.15, -0.1) is 0 Å². The van der Waals surface area contributed by atoms with E-state index in [1.165, 1.54) is 30.3 Å². The lowest BCUT2D eigenvalue weighted by atomic mass is 10.2. The number of hydrogen-bond acceptors (Lipinski definition) is 6. The van der Waals surface area contributed by atoms with Crippen LogP contribution in [0.5, 0.6) is 0 Å². The van der Waals surface area contributed by atoms with E-state index in [4.69, 9.17) is 8.83 Å². The summed E-state index contributed by atoms with van der Waals surface area (Å²) in [6.07, 6.45) is 4.91. The third-order valence-electron chi connectivity index (χ3n) is 3.09. The number of pyridine rings is 1. The normalized spacial score (nSPS) is 11.4. The summed E-state index contributed by atoms with van der Waals surface area (Å²) in [6.45, 7) is 0. The van der Waals surface area contributed by atoms with Crippen molar-refractivity contribution in [2.75, 3.05) is 0 Å². The van der Waals surface area contributed by atoms with Gasteiger partial charge in [-0.05, 0) is 12.1 Å². The molecule has 9 heteroatoms. The van der Waals surface area contributed by atoms with Crippen molar-refractivity contribution in [1.82, 2.24) is 0 Å². The summed E-state index contributed by atoms with van der Waals surface area (Å²) in [5, 5.41) is 21.5. The number of rotatable bonds is 5. The molecule has 0 fully saturated rings. The molecule has 0 spiro atoms. The van der Waals surface area contributed by atoms with Gasteiger partial charge in [0.25, 0.3) is 5.70 Å². The summed E-state index contributed by atoms with van der Waals surface area (Å²) in [6, 6.07) is 10.7. The molecule has 9 nitrogen and oxygen atoms in total. The average molecular weight is 328 g/mol. The number of aromatic nitrogens is 1. The van der Waals surface area contributed by atoms with Gasteiger partial charge in [0.15, 0.2) is 12.4 Å². The van der Waals surface area contributed by atoms with Crippen molar-refractivity contribution in [1.29, 1.82) is 0 Å². The van der Waals surface area contributed by atoms with Crippen LogP contribution in [0.15, 0.2) is 63.7 Å². The van der Waals surface area contributed by atoms with Crippen LogP contribution < -0.4 is 4.57 Å². The third-order valence-corrected chi connectivity index (χ3v) is 3.09. The van der Waals surface area contributed by atoms with Gasteiger partial charge in [0.1, 0.15) is 15.6 Å². The van der Waals surface area contributed by atoms with Crippen molar-refractivity contribution < 1.29 is 23.2 Å². The molecule has 0 N–H and O–H groups in total. The van der Waals surface area contributed by atoms with Gasteiger partial charge in [-0.2, -0.15) is 4.57 Å². The first-order valence-corrected chi connectivity index (χ1v) is 6.72. The lowest BCUT2D eigenvalue weighted by Gasteiger charge is -1.97. The molecule has 3 aromatic heterocycles. The quantitative estimate of drug-likeness (QED) is 0.404. The highest BCUT2D eigenvalue weighted by molar-refractivity contribution is 5.72. The molecule has 0 radical (unpaired) electrons. The Labute approximate surface area is 134 Å². The Kier molecular flexibility index (Phi) is 3.89. The molecule has 0 atom stereocenters. The second-order valence-corrected chi connectivity index (χ2v) is 4.64. The van der Waals surface area contributed by atoms with Gasteiger partial charge in [0, 0.05) is 12.1 Å². The Morgan fingerprint density at radius 2 is 1.54 bits per heavy atom. The second kappa shape index (κ2) is 6.16. The summed E-state index contributed by atoms with van der Waals surface area (Å²) >= 11 is 0. The molecule has 0 aliphatic heterocycles. The molecular formula is C15H10N3O6+. The van der Waals surface area contributed by atoms with Crippen LogP contribution in [0.1, 0.15) is 11.5 Å². The van der Waals surface area contributed by atoms with E-state index < -0.39 is 21.6 Å². The summed E-state index contributed by atoms with van der Waals surface area (Å²) in [4.78, 5) is 20.2. The van der Waals surface area contributed by atoms with Crippen LogP contribution in [0.4, 0.5) is 11.8 Å². The fraction of sp³-hybridized carbons (Fsp3) is 0. The van der Waals surface area contributed by atoms with E-state index >= 15 is 0 Å². The molecule has 0 bridgehead atoms. The van der Waals surface area contributed by atoms with E-state index in [0.29, 0.717) is 5.70 Å². The van der Waals surface area contributed by atoms with Crippen molar-refractivity contribution in [3.63, 3.8) is 0 Å². The van der Waals surface area contributed by atoms with E-state index in [9.17, 15) is 20.2 Å². The number of nitro groups is 2. The highest BCUT2D eigenvalue weighted by atomic mass is 16.7. The maximum Gasteiger partial charge on any atom is 0.433 e. The minimum atomic E-state index is -0.648. The fourth-order valence-electron chi connectivity index (χ4n) is 2.05. The van der Waals surface area contributed by atoms with Crippen LogP contribution in [0.3, 0.4) is 0 Å². The van der Waals surface area contributed by atoms with Gasteiger partial charge in [0.05, 0.1) is 18.2 Å². The molecule has 0 saturated carbocycles. The van der Waals surface area contributed by atoms with Crippen LogP contribution in [-0.4, -0.2) is 9.85 Å². The van der Waals surface area contributed by atoms with Gasteiger partial charge in [-0.1, -0.05) is 6.07 Å². The fourth-order valence-corrected chi connectivity index (χ4v) is 2.05. The molecule has 24 heavy (non-hydrogen) atoms. The number of nitrogens with zero attached hydrogens (tertiary/aromatic N) is 3.